The highest BCUT2D eigenvalue weighted by Crippen LogP contribution is 2.30. The number of hydrogen-bond donors (Lipinski definition) is 0. The fourth-order valence-corrected chi connectivity index (χ4v) is 6.42. The molecule has 0 spiro atoms. The van der Waals surface area contributed by atoms with Crippen LogP contribution in [0.2, 0.25) is 0 Å². The highest BCUT2D eigenvalue weighted by atomic mass is 19.1. The monoisotopic (exact) mass is 641 g/mol. The maximum absolute atomic E-state index is 14.6. The van der Waals surface area contributed by atoms with Gasteiger partial charge in [-0.25, -0.2) is 13.6 Å². The summed E-state index contributed by atoms with van der Waals surface area (Å²) in [5.74, 6) is -0.743. The molecule has 3 heterocycles. The van der Waals surface area contributed by atoms with Crippen LogP contribution in [0.5, 0.6) is 0 Å². The van der Waals surface area contributed by atoms with Gasteiger partial charge in [0.1, 0.15) is 11.6 Å². The van der Waals surface area contributed by atoms with Crippen LogP contribution in [-0.2, 0) is 22.6 Å². The van der Waals surface area contributed by atoms with Crippen molar-refractivity contribution in [1.29, 1.82) is 0 Å². The number of para-hydroxylation sites is 2. The third-order valence-corrected chi connectivity index (χ3v) is 8.73. The van der Waals surface area contributed by atoms with Gasteiger partial charge in [-0.2, -0.15) is 0 Å². The molecule has 1 amide bonds. The number of benzene rings is 4. The predicted octanol–water partition coefficient (Wildman–Crippen LogP) is 8.48. The summed E-state index contributed by atoms with van der Waals surface area (Å²) in [5.41, 5.74) is 5.36. The number of piperidine rings is 1. The molecule has 0 radical (unpaired) electrons. The van der Waals surface area contributed by atoms with E-state index in [1.165, 1.54) is 17.0 Å². The first-order valence-corrected chi connectivity index (χ1v) is 15.9. The molecular formula is C40H33F2N3O3. The van der Waals surface area contributed by atoms with Crippen molar-refractivity contribution in [3.8, 4) is 0 Å². The molecule has 8 heteroatoms. The number of carbonyl (C=O) groups excluding carboxylic acids is 2. The van der Waals surface area contributed by atoms with Crippen LogP contribution in [0.3, 0.4) is 0 Å². The number of ketones is 1. The van der Waals surface area contributed by atoms with Crippen molar-refractivity contribution in [2.24, 2.45) is 0 Å². The van der Waals surface area contributed by atoms with E-state index in [9.17, 15) is 18.4 Å². The Hall–Kier alpha value is -5.76. The Labute approximate surface area is 276 Å². The van der Waals surface area contributed by atoms with Gasteiger partial charge in [0.2, 0.25) is 0 Å². The molecule has 48 heavy (non-hydrogen) atoms. The molecule has 1 aliphatic heterocycles. The second kappa shape index (κ2) is 13.2. The Morgan fingerprint density at radius 2 is 1.12 bits per heavy atom. The summed E-state index contributed by atoms with van der Waals surface area (Å²) < 4.78 is 38.5. The van der Waals surface area contributed by atoms with Gasteiger partial charge in [0.15, 0.2) is 5.78 Å². The first-order chi connectivity index (χ1) is 23.4. The smallest absolute Gasteiger partial charge is 0.410 e. The van der Waals surface area contributed by atoms with Crippen molar-refractivity contribution in [2.75, 3.05) is 19.7 Å². The standard InChI is InChI=1S/C40H33F2N3O3/c1-2-48-40(47)45-25-31(19-29-23-43(37-17-9-5-13-33(29)37)21-27-11-3-7-15-35(27)41)39(46)32(26-45)20-30-24-44(38-18-10-6-14-34(30)38)22-28-12-4-8-16-36(28)42/h3-20,23-24H,2,21-22,25-26H2,1H3/b31-19+,32-20+. The van der Waals surface area contributed by atoms with Crippen LogP contribution in [0.15, 0.2) is 121 Å². The summed E-state index contributed by atoms with van der Waals surface area (Å²) in [5, 5.41) is 1.81. The van der Waals surface area contributed by atoms with Crippen LogP contribution in [0.25, 0.3) is 34.0 Å². The highest BCUT2D eigenvalue weighted by molar-refractivity contribution is 6.16. The largest absolute Gasteiger partial charge is 0.450 e. The van der Waals surface area contributed by atoms with Gasteiger partial charge in [0, 0.05) is 67.6 Å². The number of amides is 1. The summed E-state index contributed by atoms with van der Waals surface area (Å²) in [4.78, 5) is 28.8. The van der Waals surface area contributed by atoms with Gasteiger partial charge in [0.05, 0.1) is 32.8 Å². The van der Waals surface area contributed by atoms with E-state index in [0.29, 0.717) is 35.4 Å². The van der Waals surface area contributed by atoms with Crippen molar-refractivity contribution in [3.63, 3.8) is 0 Å². The second-order valence-electron chi connectivity index (χ2n) is 11.9. The zero-order valence-electron chi connectivity index (χ0n) is 26.4. The lowest BCUT2D eigenvalue weighted by Gasteiger charge is -2.29. The lowest BCUT2D eigenvalue weighted by molar-refractivity contribution is -0.113. The summed E-state index contributed by atoms with van der Waals surface area (Å²) in [6.07, 6.45) is 6.97. The molecule has 0 N–H and O–H groups in total. The van der Waals surface area contributed by atoms with Crippen LogP contribution in [0.1, 0.15) is 29.2 Å². The van der Waals surface area contributed by atoms with E-state index < -0.39 is 6.09 Å². The molecule has 0 aliphatic carbocycles. The molecule has 0 bridgehead atoms. The van der Waals surface area contributed by atoms with E-state index in [4.69, 9.17) is 4.74 Å². The number of nitrogens with zero attached hydrogens (tertiary/aromatic N) is 3. The minimum atomic E-state index is -0.509. The van der Waals surface area contributed by atoms with E-state index in [0.717, 1.165) is 32.9 Å². The van der Waals surface area contributed by atoms with Crippen LogP contribution in [0, 0.1) is 11.6 Å². The van der Waals surface area contributed by atoms with Gasteiger partial charge in [-0.3, -0.25) is 9.69 Å². The molecule has 4 aromatic carbocycles. The summed E-state index contributed by atoms with van der Waals surface area (Å²) in [6, 6.07) is 28.9. The van der Waals surface area contributed by atoms with Gasteiger partial charge >= 0.3 is 6.09 Å². The number of carbonyl (C=O) groups is 2. The van der Waals surface area contributed by atoms with Crippen LogP contribution < -0.4 is 0 Å². The first-order valence-electron chi connectivity index (χ1n) is 15.9. The molecule has 0 saturated carbocycles. The number of ether oxygens (including phenoxy) is 1. The van der Waals surface area contributed by atoms with Gasteiger partial charge in [-0.1, -0.05) is 72.8 Å². The zero-order chi connectivity index (χ0) is 33.2. The van der Waals surface area contributed by atoms with Crippen LogP contribution >= 0.6 is 0 Å². The molecule has 0 unspecified atom stereocenters. The maximum atomic E-state index is 14.6. The molecule has 1 fully saturated rings. The van der Waals surface area contributed by atoms with E-state index >= 15 is 0 Å². The molecule has 1 saturated heterocycles. The van der Waals surface area contributed by atoms with Crippen LogP contribution in [-0.4, -0.2) is 45.6 Å². The number of fused-ring (bicyclic) bond motifs is 2. The number of Topliss-reactive ketones (excluding diaryl/α,β-unsaturated/α-hetero) is 1. The second-order valence-corrected chi connectivity index (χ2v) is 11.9. The lowest BCUT2D eigenvalue weighted by Crippen LogP contribution is -2.41. The topological polar surface area (TPSA) is 56.5 Å². The van der Waals surface area contributed by atoms with Crippen molar-refractivity contribution >= 4 is 45.8 Å². The Morgan fingerprint density at radius 3 is 1.58 bits per heavy atom. The quantitative estimate of drug-likeness (QED) is 0.164. The van der Waals surface area contributed by atoms with Crippen molar-refractivity contribution in [2.45, 2.75) is 20.0 Å². The van der Waals surface area contributed by atoms with E-state index in [-0.39, 0.29) is 37.1 Å². The Morgan fingerprint density at radius 1 is 0.688 bits per heavy atom. The SMILES string of the molecule is CCOC(=O)N1C/C(=C\c2cn(Cc3ccccc3F)c3ccccc23)C(=O)/C(=C/c2cn(Cc3ccccc3F)c3ccccc23)C1. The number of hydrogen-bond acceptors (Lipinski definition) is 3. The van der Waals surface area contributed by atoms with Gasteiger partial charge in [0.25, 0.3) is 0 Å². The molecule has 240 valence electrons. The molecule has 1 aliphatic rings. The summed E-state index contributed by atoms with van der Waals surface area (Å²) in [7, 11) is 0. The number of halogens is 2. The minimum absolute atomic E-state index is 0.0802. The van der Waals surface area contributed by atoms with E-state index in [2.05, 4.69) is 0 Å². The number of likely N-dealkylation sites (tertiary alicyclic amines) is 1. The first kappa shape index (κ1) is 30.9. The fraction of sp³-hybridized carbons (Fsp3) is 0.150. The van der Waals surface area contributed by atoms with Crippen molar-refractivity contribution < 1.29 is 23.1 Å². The molecular weight excluding hydrogens is 608 g/mol. The number of aromatic nitrogens is 2. The van der Waals surface area contributed by atoms with Gasteiger partial charge in [-0.15, -0.1) is 0 Å². The Kier molecular flexibility index (Phi) is 8.46. The zero-order valence-corrected chi connectivity index (χ0v) is 26.4. The van der Waals surface area contributed by atoms with Gasteiger partial charge in [-0.05, 0) is 43.3 Å². The molecule has 6 nitrogen and oxygen atoms in total. The summed E-state index contributed by atoms with van der Waals surface area (Å²) >= 11 is 0. The maximum Gasteiger partial charge on any atom is 0.410 e. The average Bonchev–Trinajstić information content (AvgIpc) is 3.62. The minimum Gasteiger partial charge on any atom is -0.450 e. The third kappa shape index (κ3) is 6.05. The molecule has 0 atom stereocenters. The Balaban J connectivity index is 1.30. The van der Waals surface area contributed by atoms with E-state index in [1.54, 1.807) is 31.2 Å². The Bertz CT molecular complexity index is 2100. The molecule has 7 rings (SSSR count). The highest BCUT2D eigenvalue weighted by Gasteiger charge is 2.30. The lowest BCUT2D eigenvalue weighted by atomic mass is 9.94. The fourth-order valence-electron chi connectivity index (χ4n) is 6.42. The van der Waals surface area contributed by atoms with Gasteiger partial charge < -0.3 is 13.9 Å². The average molecular weight is 642 g/mol. The van der Waals surface area contributed by atoms with E-state index in [1.807, 2.05) is 94.3 Å². The predicted molar refractivity (Wildman–Crippen MR) is 184 cm³/mol. The number of rotatable bonds is 7. The molecule has 6 aromatic rings. The normalized spacial score (nSPS) is 15.2. The summed E-state index contributed by atoms with van der Waals surface area (Å²) in [6.45, 7) is 2.75. The molecule has 2 aromatic heterocycles. The van der Waals surface area contributed by atoms with Crippen molar-refractivity contribution in [3.05, 3.63) is 154 Å². The third-order valence-electron chi connectivity index (χ3n) is 8.73. The van der Waals surface area contributed by atoms with Crippen molar-refractivity contribution in [1.82, 2.24) is 14.0 Å². The van der Waals surface area contributed by atoms with Crippen LogP contribution in [0.4, 0.5) is 13.6 Å².